The number of thiophene rings is 1. The fourth-order valence-electron chi connectivity index (χ4n) is 1.58. The molecule has 20 heavy (non-hydrogen) atoms. The molecule has 7 heteroatoms. The van der Waals surface area contributed by atoms with Crippen LogP contribution < -0.4 is 11.1 Å². The first-order valence-electron chi connectivity index (χ1n) is 6.46. The summed E-state index contributed by atoms with van der Waals surface area (Å²) in [5, 5.41) is 12.7. The van der Waals surface area contributed by atoms with Gasteiger partial charge in [0.25, 0.3) is 0 Å². The molecule has 0 unspecified atom stereocenters. The molecule has 6 nitrogen and oxygen atoms in total. The summed E-state index contributed by atoms with van der Waals surface area (Å²) in [6, 6.07) is 1.98. The summed E-state index contributed by atoms with van der Waals surface area (Å²) in [4.78, 5) is 12.2. The van der Waals surface area contributed by atoms with Crippen LogP contribution in [-0.4, -0.2) is 32.3 Å². The molecule has 0 bridgehead atoms. The predicted octanol–water partition coefficient (Wildman–Crippen LogP) is 2.22. The summed E-state index contributed by atoms with van der Waals surface area (Å²) >= 11 is 1.17. The van der Waals surface area contributed by atoms with E-state index in [0.29, 0.717) is 29.6 Å². The highest BCUT2D eigenvalue weighted by Gasteiger charge is 2.22. The van der Waals surface area contributed by atoms with Crippen molar-refractivity contribution in [2.24, 2.45) is 0 Å². The van der Waals surface area contributed by atoms with Crippen LogP contribution in [0.2, 0.25) is 0 Å². The van der Waals surface area contributed by atoms with Crippen LogP contribution in [0.5, 0.6) is 0 Å². The quantitative estimate of drug-likeness (QED) is 0.564. The molecule has 0 fully saturated rings. The lowest BCUT2D eigenvalue weighted by atomic mass is 10.2. The van der Waals surface area contributed by atoms with E-state index < -0.39 is 5.97 Å². The molecular weight excluding hydrogens is 278 g/mol. The lowest BCUT2D eigenvalue weighted by Crippen LogP contribution is -2.11. The predicted molar refractivity (Wildman–Crippen MR) is 79.0 cm³/mol. The number of esters is 1. The molecule has 3 N–H and O–H groups in total. The molecule has 0 spiro atoms. The normalized spacial score (nSPS) is 10.1. The van der Waals surface area contributed by atoms with Gasteiger partial charge < -0.3 is 20.5 Å². The maximum atomic E-state index is 11.9. The van der Waals surface area contributed by atoms with Gasteiger partial charge in [0.15, 0.2) is 0 Å². The molecule has 1 rings (SSSR count). The van der Waals surface area contributed by atoms with Crippen molar-refractivity contribution in [1.82, 2.24) is 0 Å². The summed E-state index contributed by atoms with van der Waals surface area (Å²) < 4.78 is 10.2. The molecule has 0 aromatic carbocycles. The molecule has 1 aromatic heterocycles. The molecule has 0 radical (unpaired) electrons. The summed E-state index contributed by atoms with van der Waals surface area (Å²) in [6.45, 7) is 5.88. The van der Waals surface area contributed by atoms with E-state index in [0.717, 1.165) is 6.42 Å². The van der Waals surface area contributed by atoms with Crippen LogP contribution in [0.25, 0.3) is 0 Å². The number of nitriles is 1. The minimum atomic E-state index is -0.505. The number of ether oxygens (including phenoxy) is 2. The Labute approximate surface area is 122 Å². The number of carbonyl (C=O) groups is 1. The van der Waals surface area contributed by atoms with Gasteiger partial charge in [-0.1, -0.05) is 0 Å². The third-order valence-electron chi connectivity index (χ3n) is 2.48. The van der Waals surface area contributed by atoms with Crippen molar-refractivity contribution < 1.29 is 14.3 Å². The molecule has 1 heterocycles. The number of hydrogen-bond acceptors (Lipinski definition) is 7. The van der Waals surface area contributed by atoms with Gasteiger partial charge in [0.2, 0.25) is 0 Å². The second-order valence-electron chi connectivity index (χ2n) is 3.86. The first kappa shape index (κ1) is 16.3. The van der Waals surface area contributed by atoms with Gasteiger partial charge in [-0.15, -0.1) is 11.3 Å². The van der Waals surface area contributed by atoms with Gasteiger partial charge in [0, 0.05) is 19.8 Å². The second-order valence-corrected chi connectivity index (χ2v) is 4.88. The number of nitrogens with one attached hydrogen (secondary N) is 1. The standard InChI is InChI=1S/C13H19N3O3S/c1-3-18-7-5-6-16-12-10(13(17)19-4-2)11(15)9(8-14)20-12/h16H,3-7,15H2,1-2H3. The van der Waals surface area contributed by atoms with Crippen molar-refractivity contribution in [3.63, 3.8) is 0 Å². The van der Waals surface area contributed by atoms with E-state index in [-0.39, 0.29) is 17.9 Å². The lowest BCUT2D eigenvalue weighted by molar-refractivity contribution is 0.0529. The van der Waals surface area contributed by atoms with Gasteiger partial charge in [-0.2, -0.15) is 5.26 Å². The largest absolute Gasteiger partial charge is 0.462 e. The monoisotopic (exact) mass is 297 g/mol. The Morgan fingerprint density at radius 3 is 2.80 bits per heavy atom. The van der Waals surface area contributed by atoms with Crippen LogP contribution in [0.1, 0.15) is 35.5 Å². The van der Waals surface area contributed by atoms with Crippen LogP contribution in [0.4, 0.5) is 10.7 Å². The van der Waals surface area contributed by atoms with E-state index in [1.54, 1.807) is 6.92 Å². The molecule has 0 saturated carbocycles. The molecule has 1 aromatic rings. The lowest BCUT2D eigenvalue weighted by Gasteiger charge is -2.07. The number of carbonyl (C=O) groups excluding carboxylic acids is 1. The van der Waals surface area contributed by atoms with E-state index in [1.807, 2.05) is 13.0 Å². The minimum absolute atomic E-state index is 0.184. The fraction of sp³-hybridized carbons (Fsp3) is 0.538. The Morgan fingerprint density at radius 2 is 2.20 bits per heavy atom. The van der Waals surface area contributed by atoms with Gasteiger partial charge in [0.1, 0.15) is 21.5 Å². The zero-order valence-corrected chi connectivity index (χ0v) is 12.5. The highest BCUT2D eigenvalue weighted by atomic mass is 32.1. The molecular formula is C13H19N3O3S. The maximum absolute atomic E-state index is 11.9. The Bertz CT molecular complexity index is 494. The smallest absolute Gasteiger partial charge is 0.343 e. The van der Waals surface area contributed by atoms with Crippen LogP contribution in [-0.2, 0) is 9.47 Å². The van der Waals surface area contributed by atoms with Crippen LogP contribution in [0, 0.1) is 11.3 Å². The number of nitrogens with two attached hydrogens (primary N) is 1. The average molecular weight is 297 g/mol. The van der Waals surface area contributed by atoms with Gasteiger partial charge >= 0.3 is 5.97 Å². The third kappa shape index (κ3) is 4.11. The minimum Gasteiger partial charge on any atom is -0.462 e. The van der Waals surface area contributed by atoms with E-state index in [2.05, 4.69) is 5.32 Å². The first-order valence-corrected chi connectivity index (χ1v) is 7.28. The van der Waals surface area contributed by atoms with Gasteiger partial charge in [0.05, 0.1) is 12.3 Å². The first-order chi connectivity index (χ1) is 9.65. The summed E-state index contributed by atoms with van der Waals surface area (Å²) in [5.74, 6) is -0.505. The van der Waals surface area contributed by atoms with Crippen molar-refractivity contribution in [3.05, 3.63) is 10.4 Å². The summed E-state index contributed by atoms with van der Waals surface area (Å²) in [7, 11) is 0. The van der Waals surface area contributed by atoms with Crippen molar-refractivity contribution in [1.29, 1.82) is 5.26 Å². The zero-order chi connectivity index (χ0) is 15.0. The highest BCUT2D eigenvalue weighted by Crippen LogP contribution is 2.35. The molecule has 0 aliphatic rings. The van der Waals surface area contributed by atoms with E-state index in [9.17, 15) is 4.79 Å². The topological polar surface area (TPSA) is 97.4 Å². The van der Waals surface area contributed by atoms with Gasteiger partial charge in [-0.3, -0.25) is 0 Å². The van der Waals surface area contributed by atoms with Gasteiger partial charge in [-0.05, 0) is 20.3 Å². The number of anilines is 2. The Balaban J connectivity index is 2.78. The molecule has 0 aliphatic heterocycles. The zero-order valence-electron chi connectivity index (χ0n) is 11.7. The number of nitrogens with zero attached hydrogens (tertiary/aromatic N) is 1. The summed E-state index contributed by atoms with van der Waals surface area (Å²) in [5.41, 5.74) is 6.26. The van der Waals surface area contributed by atoms with E-state index in [4.69, 9.17) is 20.5 Å². The summed E-state index contributed by atoms with van der Waals surface area (Å²) in [6.07, 6.45) is 0.801. The number of rotatable bonds is 8. The molecule has 0 amide bonds. The highest BCUT2D eigenvalue weighted by molar-refractivity contribution is 7.17. The van der Waals surface area contributed by atoms with Crippen molar-refractivity contribution in [2.45, 2.75) is 20.3 Å². The van der Waals surface area contributed by atoms with Crippen molar-refractivity contribution in [2.75, 3.05) is 37.4 Å². The Hall–Kier alpha value is -1.78. The average Bonchev–Trinajstić information content (AvgIpc) is 2.75. The van der Waals surface area contributed by atoms with E-state index in [1.165, 1.54) is 11.3 Å². The van der Waals surface area contributed by atoms with Crippen LogP contribution in [0.15, 0.2) is 0 Å². The van der Waals surface area contributed by atoms with E-state index >= 15 is 0 Å². The fourth-order valence-corrected chi connectivity index (χ4v) is 2.51. The Morgan fingerprint density at radius 1 is 1.45 bits per heavy atom. The van der Waals surface area contributed by atoms with Crippen LogP contribution >= 0.6 is 11.3 Å². The number of nitrogen functional groups attached to an aromatic ring is 1. The Kier molecular flexibility index (Phi) is 6.84. The molecule has 110 valence electrons. The van der Waals surface area contributed by atoms with Crippen molar-refractivity contribution >= 4 is 28.0 Å². The van der Waals surface area contributed by atoms with Crippen molar-refractivity contribution in [3.8, 4) is 6.07 Å². The molecule has 0 saturated heterocycles. The van der Waals surface area contributed by atoms with Crippen LogP contribution in [0.3, 0.4) is 0 Å². The second kappa shape index (κ2) is 8.40. The maximum Gasteiger partial charge on any atom is 0.343 e. The van der Waals surface area contributed by atoms with Gasteiger partial charge in [-0.25, -0.2) is 4.79 Å². The SMILES string of the molecule is CCOCCCNc1sc(C#N)c(N)c1C(=O)OCC. The number of hydrogen-bond donors (Lipinski definition) is 2. The third-order valence-corrected chi connectivity index (χ3v) is 3.55. The molecule has 0 aliphatic carbocycles. The molecule has 0 atom stereocenters.